The van der Waals surface area contributed by atoms with Crippen LogP contribution in [0.1, 0.15) is 57.9 Å². The minimum absolute atomic E-state index is 0.197. The summed E-state index contributed by atoms with van der Waals surface area (Å²) < 4.78 is 5.92. The maximum Gasteiger partial charge on any atom is 0.124 e. The molecule has 0 aliphatic heterocycles. The Morgan fingerprint density at radius 3 is 2.79 bits per heavy atom. The van der Waals surface area contributed by atoms with E-state index >= 15 is 0 Å². The van der Waals surface area contributed by atoms with Gasteiger partial charge in [0, 0.05) is 11.1 Å². The van der Waals surface area contributed by atoms with E-state index in [1.807, 2.05) is 6.07 Å². The van der Waals surface area contributed by atoms with E-state index in [-0.39, 0.29) is 5.54 Å². The molecule has 19 heavy (non-hydrogen) atoms. The van der Waals surface area contributed by atoms with E-state index < -0.39 is 0 Å². The van der Waals surface area contributed by atoms with Gasteiger partial charge in [-0.1, -0.05) is 51.3 Å². The van der Waals surface area contributed by atoms with E-state index in [4.69, 9.17) is 10.5 Å². The molecule has 1 aromatic carbocycles. The van der Waals surface area contributed by atoms with Crippen LogP contribution in [0, 0.1) is 5.92 Å². The summed E-state index contributed by atoms with van der Waals surface area (Å²) in [5.74, 6) is 1.57. The van der Waals surface area contributed by atoms with Gasteiger partial charge in [-0.15, -0.1) is 0 Å². The third-order valence-corrected chi connectivity index (χ3v) is 4.46. The van der Waals surface area contributed by atoms with Crippen LogP contribution < -0.4 is 10.5 Å². The Morgan fingerprint density at radius 2 is 2.05 bits per heavy atom. The predicted molar refractivity (Wildman–Crippen MR) is 80.3 cm³/mol. The van der Waals surface area contributed by atoms with Crippen LogP contribution in [0.4, 0.5) is 0 Å². The minimum Gasteiger partial charge on any atom is -0.493 e. The molecular formula is C17H27NO. The van der Waals surface area contributed by atoms with Gasteiger partial charge in [-0.05, 0) is 31.2 Å². The topological polar surface area (TPSA) is 35.2 Å². The second-order valence-electron chi connectivity index (χ2n) is 5.74. The first-order chi connectivity index (χ1) is 9.22. The van der Waals surface area contributed by atoms with Crippen molar-refractivity contribution in [2.45, 2.75) is 57.9 Å². The van der Waals surface area contributed by atoms with Crippen LogP contribution in [0.3, 0.4) is 0 Å². The normalized spacial score (nSPS) is 27.2. The van der Waals surface area contributed by atoms with Gasteiger partial charge in [0.15, 0.2) is 0 Å². The maximum absolute atomic E-state index is 6.83. The smallest absolute Gasteiger partial charge is 0.124 e. The fourth-order valence-corrected chi connectivity index (χ4v) is 3.38. The SMILES string of the molecule is CCCOc1ccccc1C1(N)CCCCC1CC. The van der Waals surface area contributed by atoms with Gasteiger partial charge in [0.25, 0.3) is 0 Å². The second-order valence-corrected chi connectivity index (χ2v) is 5.74. The average Bonchev–Trinajstić information content (AvgIpc) is 2.46. The molecule has 0 bridgehead atoms. The zero-order valence-electron chi connectivity index (χ0n) is 12.3. The van der Waals surface area contributed by atoms with Crippen molar-refractivity contribution in [2.24, 2.45) is 11.7 Å². The molecule has 2 heteroatoms. The highest BCUT2D eigenvalue weighted by molar-refractivity contribution is 5.40. The van der Waals surface area contributed by atoms with Gasteiger partial charge in [-0.2, -0.15) is 0 Å². The second kappa shape index (κ2) is 6.42. The molecule has 2 unspecified atom stereocenters. The Labute approximate surface area is 117 Å². The molecule has 0 amide bonds. The summed E-state index contributed by atoms with van der Waals surface area (Å²) in [6.45, 7) is 5.16. The third kappa shape index (κ3) is 2.94. The first-order valence-corrected chi connectivity index (χ1v) is 7.73. The lowest BCUT2D eigenvalue weighted by molar-refractivity contribution is 0.176. The van der Waals surface area contributed by atoms with Crippen molar-refractivity contribution in [3.63, 3.8) is 0 Å². The van der Waals surface area contributed by atoms with Crippen LogP contribution in [0.25, 0.3) is 0 Å². The summed E-state index contributed by atoms with van der Waals surface area (Å²) in [5.41, 5.74) is 7.85. The Bertz CT molecular complexity index is 404. The van der Waals surface area contributed by atoms with Crippen LogP contribution in [0.15, 0.2) is 24.3 Å². The number of hydrogen-bond acceptors (Lipinski definition) is 2. The Balaban J connectivity index is 2.32. The Hall–Kier alpha value is -1.02. The predicted octanol–water partition coefficient (Wildman–Crippen LogP) is 4.23. The highest BCUT2D eigenvalue weighted by Crippen LogP contribution is 2.44. The van der Waals surface area contributed by atoms with Crippen molar-refractivity contribution in [2.75, 3.05) is 6.61 Å². The molecule has 1 saturated carbocycles. The van der Waals surface area contributed by atoms with E-state index in [9.17, 15) is 0 Å². The van der Waals surface area contributed by atoms with Crippen molar-refractivity contribution in [3.05, 3.63) is 29.8 Å². The minimum atomic E-state index is -0.197. The van der Waals surface area contributed by atoms with Crippen LogP contribution in [0.2, 0.25) is 0 Å². The third-order valence-electron chi connectivity index (χ3n) is 4.46. The summed E-state index contributed by atoms with van der Waals surface area (Å²) in [6, 6.07) is 8.37. The molecule has 0 radical (unpaired) electrons. The highest BCUT2D eigenvalue weighted by Gasteiger charge is 2.39. The van der Waals surface area contributed by atoms with Crippen molar-refractivity contribution in [1.82, 2.24) is 0 Å². The molecule has 2 N–H and O–H groups in total. The molecule has 0 aromatic heterocycles. The molecule has 1 aromatic rings. The van der Waals surface area contributed by atoms with E-state index in [1.54, 1.807) is 0 Å². The molecule has 2 rings (SSSR count). The summed E-state index contributed by atoms with van der Waals surface area (Å²) in [7, 11) is 0. The Kier molecular flexibility index (Phi) is 4.87. The fraction of sp³-hybridized carbons (Fsp3) is 0.647. The number of rotatable bonds is 5. The van der Waals surface area contributed by atoms with Gasteiger partial charge >= 0.3 is 0 Å². The Morgan fingerprint density at radius 1 is 1.26 bits per heavy atom. The van der Waals surface area contributed by atoms with Crippen LogP contribution in [0.5, 0.6) is 5.75 Å². The summed E-state index contributed by atoms with van der Waals surface area (Å²) >= 11 is 0. The molecule has 1 aliphatic rings. The number of benzene rings is 1. The first-order valence-electron chi connectivity index (χ1n) is 7.73. The molecule has 2 atom stereocenters. The lowest BCUT2D eigenvalue weighted by atomic mass is 9.68. The standard InChI is InChI=1S/C17H27NO/c1-3-13-19-16-11-6-5-10-15(16)17(18)12-8-7-9-14(17)4-2/h5-6,10-11,14H,3-4,7-9,12-13,18H2,1-2H3. The van der Waals surface area contributed by atoms with Gasteiger partial charge < -0.3 is 10.5 Å². The van der Waals surface area contributed by atoms with Crippen molar-refractivity contribution in [1.29, 1.82) is 0 Å². The monoisotopic (exact) mass is 261 g/mol. The van der Waals surface area contributed by atoms with E-state index in [0.717, 1.165) is 31.6 Å². The summed E-state index contributed by atoms with van der Waals surface area (Å²) in [6.07, 6.45) is 7.05. The van der Waals surface area contributed by atoms with Crippen LogP contribution in [-0.4, -0.2) is 6.61 Å². The quantitative estimate of drug-likeness (QED) is 0.861. The molecule has 106 valence electrons. The van der Waals surface area contributed by atoms with Crippen LogP contribution >= 0.6 is 0 Å². The first kappa shape index (κ1) is 14.4. The van der Waals surface area contributed by atoms with E-state index in [2.05, 4.69) is 32.0 Å². The number of ether oxygens (including phenoxy) is 1. The van der Waals surface area contributed by atoms with Gasteiger partial charge in [-0.3, -0.25) is 0 Å². The zero-order chi connectivity index (χ0) is 13.7. The molecule has 0 heterocycles. The molecule has 1 fully saturated rings. The lowest BCUT2D eigenvalue weighted by Crippen LogP contribution is -2.46. The summed E-state index contributed by atoms with van der Waals surface area (Å²) in [5, 5.41) is 0. The van der Waals surface area contributed by atoms with E-state index in [1.165, 1.54) is 24.8 Å². The molecule has 2 nitrogen and oxygen atoms in total. The zero-order valence-corrected chi connectivity index (χ0v) is 12.3. The summed E-state index contributed by atoms with van der Waals surface area (Å²) in [4.78, 5) is 0. The molecule has 0 saturated heterocycles. The number of nitrogens with two attached hydrogens (primary N) is 1. The highest BCUT2D eigenvalue weighted by atomic mass is 16.5. The van der Waals surface area contributed by atoms with Crippen LogP contribution in [-0.2, 0) is 5.54 Å². The number of hydrogen-bond donors (Lipinski definition) is 1. The molecular weight excluding hydrogens is 234 g/mol. The average molecular weight is 261 g/mol. The fourth-order valence-electron chi connectivity index (χ4n) is 3.38. The van der Waals surface area contributed by atoms with Gasteiger partial charge in [-0.25, -0.2) is 0 Å². The maximum atomic E-state index is 6.83. The lowest BCUT2D eigenvalue weighted by Gasteiger charge is -2.42. The van der Waals surface area contributed by atoms with Gasteiger partial charge in [0.2, 0.25) is 0 Å². The molecule has 1 aliphatic carbocycles. The van der Waals surface area contributed by atoms with Crippen molar-refractivity contribution >= 4 is 0 Å². The van der Waals surface area contributed by atoms with Gasteiger partial charge in [0.05, 0.1) is 6.61 Å². The van der Waals surface area contributed by atoms with Gasteiger partial charge in [0.1, 0.15) is 5.75 Å². The van der Waals surface area contributed by atoms with E-state index in [0.29, 0.717) is 5.92 Å². The number of para-hydroxylation sites is 1. The largest absolute Gasteiger partial charge is 0.493 e. The van der Waals surface area contributed by atoms with Crippen molar-refractivity contribution < 1.29 is 4.74 Å². The van der Waals surface area contributed by atoms with Crippen molar-refractivity contribution in [3.8, 4) is 5.75 Å². The molecule has 0 spiro atoms.